The molecule has 0 fully saturated rings. The maximum Gasteiger partial charge on any atom is 0.264 e. The van der Waals surface area contributed by atoms with Crippen LogP contribution in [-0.4, -0.2) is 28.0 Å². The van der Waals surface area contributed by atoms with E-state index in [4.69, 9.17) is 4.74 Å². The van der Waals surface area contributed by atoms with E-state index < -0.39 is 10.0 Å². The molecule has 168 valence electrons. The number of carbonyl (C=O) groups excluding carboxylic acids is 1. The second-order valence-corrected chi connectivity index (χ2v) is 9.29. The molecule has 3 rings (SSSR count). The van der Waals surface area contributed by atoms with E-state index in [1.54, 1.807) is 37.3 Å². The van der Waals surface area contributed by atoms with Gasteiger partial charge in [-0.25, -0.2) is 8.42 Å². The molecule has 0 heterocycles. The highest BCUT2D eigenvalue weighted by Crippen LogP contribution is 2.31. The summed E-state index contributed by atoms with van der Waals surface area (Å²) in [5, 5.41) is 2.82. The van der Waals surface area contributed by atoms with Crippen molar-refractivity contribution in [3.05, 3.63) is 84.4 Å². The van der Waals surface area contributed by atoms with E-state index in [0.29, 0.717) is 17.1 Å². The lowest BCUT2D eigenvalue weighted by Crippen LogP contribution is -2.30. The van der Waals surface area contributed by atoms with E-state index in [1.165, 1.54) is 23.5 Å². The summed E-state index contributed by atoms with van der Waals surface area (Å²) in [6, 6.07) is 23.2. The molecule has 0 unspecified atom stereocenters. The molecule has 6 nitrogen and oxygen atoms in total. The highest BCUT2D eigenvalue weighted by atomic mass is 32.2. The number of ether oxygens (including phenoxy) is 1. The molecule has 0 saturated heterocycles. The van der Waals surface area contributed by atoms with Crippen LogP contribution in [0.25, 0.3) is 0 Å². The van der Waals surface area contributed by atoms with E-state index >= 15 is 0 Å². The van der Waals surface area contributed by atoms with Crippen LogP contribution < -0.4 is 14.4 Å². The van der Waals surface area contributed by atoms with Gasteiger partial charge in [-0.2, -0.15) is 0 Å². The molecule has 1 atom stereocenters. The van der Waals surface area contributed by atoms with Crippen LogP contribution in [0.3, 0.4) is 0 Å². The summed E-state index contributed by atoms with van der Waals surface area (Å²) in [6.45, 7) is 4.03. The quantitative estimate of drug-likeness (QED) is 0.493. The second kappa shape index (κ2) is 10.3. The van der Waals surface area contributed by atoms with Gasteiger partial charge in [-0.05, 0) is 48.7 Å². The Balaban J connectivity index is 1.85. The fourth-order valence-corrected chi connectivity index (χ4v) is 5.04. The summed E-state index contributed by atoms with van der Waals surface area (Å²) in [5.74, 6) is 0.194. The summed E-state index contributed by atoms with van der Waals surface area (Å²) >= 11 is 0. The van der Waals surface area contributed by atoms with Gasteiger partial charge in [-0.15, -0.1) is 0 Å². The van der Waals surface area contributed by atoms with Crippen LogP contribution in [0.5, 0.6) is 5.75 Å². The maximum absolute atomic E-state index is 13.3. The molecule has 0 spiro atoms. The van der Waals surface area contributed by atoms with Crippen LogP contribution in [0.2, 0.25) is 0 Å². The SMILES string of the molecule is CCN(c1ccccc1)S(=O)(=O)c1ccc(OC)c(NC(=O)C[C@H](C)c2ccccc2)c1. The number of carbonyl (C=O) groups is 1. The van der Waals surface area contributed by atoms with Gasteiger partial charge in [0, 0.05) is 13.0 Å². The van der Waals surface area contributed by atoms with Crippen LogP contribution in [0.4, 0.5) is 11.4 Å². The van der Waals surface area contributed by atoms with Gasteiger partial charge in [0.1, 0.15) is 5.75 Å². The molecule has 7 heteroatoms. The zero-order valence-electron chi connectivity index (χ0n) is 18.5. The van der Waals surface area contributed by atoms with Crippen molar-refractivity contribution in [1.29, 1.82) is 0 Å². The standard InChI is InChI=1S/C25H28N2O4S/c1-4-27(21-13-9-6-10-14-21)32(29,30)22-15-16-24(31-3)23(18-22)26-25(28)17-19(2)20-11-7-5-8-12-20/h5-16,18-19H,4,17H2,1-3H3,(H,26,28)/t19-/m0/s1. The third-order valence-corrected chi connectivity index (χ3v) is 7.12. The number of amides is 1. The fourth-order valence-electron chi connectivity index (χ4n) is 3.54. The lowest BCUT2D eigenvalue weighted by Gasteiger charge is -2.23. The average molecular weight is 453 g/mol. The van der Waals surface area contributed by atoms with Crippen molar-refractivity contribution in [3.8, 4) is 5.75 Å². The third-order valence-electron chi connectivity index (χ3n) is 5.22. The number of hydrogen-bond acceptors (Lipinski definition) is 4. The molecular weight excluding hydrogens is 424 g/mol. The first-order chi connectivity index (χ1) is 15.4. The fraction of sp³-hybridized carbons (Fsp3) is 0.240. The Hall–Kier alpha value is -3.32. The molecule has 0 radical (unpaired) electrons. The van der Waals surface area contributed by atoms with Gasteiger partial charge in [-0.3, -0.25) is 9.10 Å². The average Bonchev–Trinajstić information content (AvgIpc) is 2.80. The Morgan fingerprint density at radius 3 is 2.22 bits per heavy atom. The first-order valence-electron chi connectivity index (χ1n) is 10.5. The molecule has 1 N–H and O–H groups in total. The minimum absolute atomic E-state index is 0.0165. The van der Waals surface area contributed by atoms with Crippen LogP contribution in [0, 0.1) is 0 Å². The Labute approximate surface area is 189 Å². The topological polar surface area (TPSA) is 75.7 Å². The molecule has 0 saturated carbocycles. The van der Waals surface area contributed by atoms with E-state index in [1.807, 2.05) is 43.3 Å². The van der Waals surface area contributed by atoms with Crippen molar-refractivity contribution in [3.63, 3.8) is 0 Å². The smallest absolute Gasteiger partial charge is 0.264 e. The van der Waals surface area contributed by atoms with Crippen molar-refractivity contribution in [2.24, 2.45) is 0 Å². The number of benzene rings is 3. The minimum atomic E-state index is -3.83. The zero-order valence-corrected chi connectivity index (χ0v) is 19.3. The Kier molecular flexibility index (Phi) is 7.53. The van der Waals surface area contributed by atoms with Crippen molar-refractivity contribution in [2.45, 2.75) is 31.1 Å². The van der Waals surface area contributed by atoms with Crippen molar-refractivity contribution < 1.29 is 17.9 Å². The summed E-state index contributed by atoms with van der Waals surface area (Å²) < 4.78 is 33.4. The largest absolute Gasteiger partial charge is 0.495 e. The molecule has 32 heavy (non-hydrogen) atoms. The van der Waals surface area contributed by atoms with Crippen LogP contribution in [0.15, 0.2) is 83.8 Å². The normalized spacial score (nSPS) is 12.1. The Morgan fingerprint density at radius 1 is 1.00 bits per heavy atom. The van der Waals surface area contributed by atoms with Gasteiger partial charge in [0.2, 0.25) is 5.91 Å². The highest BCUT2D eigenvalue weighted by Gasteiger charge is 2.25. The first-order valence-corrected chi connectivity index (χ1v) is 11.9. The summed E-state index contributed by atoms with van der Waals surface area (Å²) in [7, 11) is -2.35. The molecule has 1 amide bonds. The van der Waals surface area contributed by atoms with Crippen LogP contribution >= 0.6 is 0 Å². The maximum atomic E-state index is 13.3. The summed E-state index contributed by atoms with van der Waals surface area (Å²) in [4.78, 5) is 12.8. The molecular formula is C25H28N2O4S. The molecule has 3 aromatic rings. The predicted octanol–water partition coefficient (Wildman–Crippen LogP) is 5.04. The molecule has 0 aliphatic rings. The Bertz CT molecular complexity index is 1150. The number of anilines is 2. The van der Waals surface area contributed by atoms with Gasteiger partial charge in [0.25, 0.3) is 10.0 Å². The van der Waals surface area contributed by atoms with Gasteiger partial charge in [-0.1, -0.05) is 55.5 Å². The van der Waals surface area contributed by atoms with Gasteiger partial charge in [0.05, 0.1) is 23.4 Å². The van der Waals surface area contributed by atoms with Crippen molar-refractivity contribution in [1.82, 2.24) is 0 Å². The van der Waals surface area contributed by atoms with E-state index in [9.17, 15) is 13.2 Å². The zero-order chi connectivity index (χ0) is 23.1. The molecule has 0 aliphatic heterocycles. The number of nitrogens with zero attached hydrogens (tertiary/aromatic N) is 1. The van der Waals surface area contributed by atoms with Gasteiger partial charge >= 0.3 is 0 Å². The monoisotopic (exact) mass is 452 g/mol. The van der Waals surface area contributed by atoms with E-state index in [-0.39, 0.29) is 29.7 Å². The van der Waals surface area contributed by atoms with Gasteiger partial charge in [0.15, 0.2) is 0 Å². The van der Waals surface area contributed by atoms with Crippen LogP contribution in [0.1, 0.15) is 31.7 Å². The third kappa shape index (κ3) is 5.29. The number of sulfonamides is 1. The number of methoxy groups -OCH3 is 1. The van der Waals surface area contributed by atoms with E-state index in [0.717, 1.165) is 5.56 Å². The number of para-hydroxylation sites is 1. The lowest BCUT2D eigenvalue weighted by atomic mass is 9.97. The van der Waals surface area contributed by atoms with Crippen LogP contribution in [-0.2, 0) is 14.8 Å². The second-order valence-electron chi connectivity index (χ2n) is 7.43. The summed E-state index contributed by atoms with van der Waals surface area (Å²) in [6.07, 6.45) is 0.259. The van der Waals surface area contributed by atoms with Crippen molar-refractivity contribution >= 4 is 27.3 Å². The molecule has 0 aliphatic carbocycles. The number of rotatable bonds is 9. The molecule has 3 aromatic carbocycles. The number of nitrogens with one attached hydrogen (secondary N) is 1. The Morgan fingerprint density at radius 2 is 1.62 bits per heavy atom. The van der Waals surface area contributed by atoms with E-state index in [2.05, 4.69) is 5.32 Å². The summed E-state index contributed by atoms with van der Waals surface area (Å²) in [5.41, 5.74) is 1.96. The number of hydrogen-bond donors (Lipinski definition) is 1. The first kappa shape index (κ1) is 23.3. The lowest BCUT2D eigenvalue weighted by molar-refractivity contribution is -0.116. The van der Waals surface area contributed by atoms with Crippen molar-refractivity contribution in [2.75, 3.05) is 23.3 Å². The molecule has 0 bridgehead atoms. The predicted molar refractivity (Wildman–Crippen MR) is 128 cm³/mol. The minimum Gasteiger partial charge on any atom is -0.495 e. The molecule has 0 aromatic heterocycles. The highest BCUT2D eigenvalue weighted by molar-refractivity contribution is 7.92. The van der Waals surface area contributed by atoms with Gasteiger partial charge < -0.3 is 10.1 Å².